The fraction of sp³-hybridized carbons (Fsp3) is 0.400. The van der Waals surface area contributed by atoms with Gasteiger partial charge < -0.3 is 24.5 Å². The van der Waals surface area contributed by atoms with E-state index in [9.17, 15) is 27.9 Å². The number of hydrogen-bond donors (Lipinski definition) is 2. The monoisotopic (exact) mass is 428 g/mol. The Balaban J connectivity index is 1.76. The predicted molar refractivity (Wildman–Crippen MR) is 101 cm³/mol. The van der Waals surface area contributed by atoms with Crippen molar-refractivity contribution in [1.82, 2.24) is 10.2 Å². The number of nitrogens with zero attached hydrogens (tertiary/aromatic N) is 1. The minimum absolute atomic E-state index is 0.0841. The average molecular weight is 428 g/mol. The summed E-state index contributed by atoms with van der Waals surface area (Å²) in [5, 5.41) is 12.5. The molecule has 2 rings (SSSR count). The van der Waals surface area contributed by atoms with Crippen molar-refractivity contribution in [2.45, 2.75) is 26.1 Å². The Morgan fingerprint density at radius 3 is 2.40 bits per heavy atom. The molecular formula is C20H23F3N2O5. The van der Waals surface area contributed by atoms with Crippen molar-refractivity contribution in [3.05, 3.63) is 53.0 Å². The molecule has 7 nitrogen and oxygen atoms in total. The van der Waals surface area contributed by atoms with Gasteiger partial charge in [-0.1, -0.05) is 0 Å². The number of benzene rings is 1. The second-order valence-corrected chi connectivity index (χ2v) is 6.77. The van der Waals surface area contributed by atoms with Crippen molar-refractivity contribution >= 4 is 11.8 Å². The number of amides is 2. The molecule has 1 aromatic heterocycles. The van der Waals surface area contributed by atoms with Gasteiger partial charge in [-0.2, -0.15) is 13.2 Å². The molecule has 30 heavy (non-hydrogen) atoms. The fourth-order valence-corrected chi connectivity index (χ4v) is 2.65. The van der Waals surface area contributed by atoms with Gasteiger partial charge in [0.05, 0.1) is 17.7 Å². The maximum Gasteiger partial charge on any atom is 0.416 e. The summed E-state index contributed by atoms with van der Waals surface area (Å²) in [5.41, 5.74) is -0.462. The van der Waals surface area contributed by atoms with Gasteiger partial charge in [0.25, 0.3) is 5.91 Å². The lowest BCUT2D eigenvalue weighted by Crippen LogP contribution is -2.42. The number of halogens is 3. The molecule has 0 radical (unpaired) electrons. The first kappa shape index (κ1) is 23.3. The summed E-state index contributed by atoms with van der Waals surface area (Å²) in [4.78, 5) is 25.4. The maximum atomic E-state index is 12.5. The molecule has 2 amide bonds. The molecule has 0 saturated heterocycles. The highest BCUT2D eigenvalue weighted by Gasteiger charge is 2.30. The molecule has 2 N–H and O–H groups in total. The van der Waals surface area contributed by atoms with Crippen LogP contribution in [0.25, 0.3) is 0 Å². The molecule has 1 heterocycles. The topological polar surface area (TPSA) is 92.0 Å². The summed E-state index contributed by atoms with van der Waals surface area (Å²) in [6, 6.07) is 5.63. The molecular weight excluding hydrogens is 405 g/mol. The summed E-state index contributed by atoms with van der Waals surface area (Å²) in [6.07, 6.45) is -5.51. The first-order valence-corrected chi connectivity index (χ1v) is 9.04. The van der Waals surface area contributed by atoms with Gasteiger partial charge in [-0.05, 0) is 44.2 Å². The van der Waals surface area contributed by atoms with E-state index >= 15 is 0 Å². The summed E-state index contributed by atoms with van der Waals surface area (Å²) >= 11 is 0. The number of rotatable bonds is 8. The van der Waals surface area contributed by atoms with E-state index in [2.05, 4.69) is 5.32 Å². The maximum absolute atomic E-state index is 12.5. The first-order valence-electron chi connectivity index (χ1n) is 9.04. The third kappa shape index (κ3) is 6.51. The highest BCUT2D eigenvalue weighted by atomic mass is 19.4. The number of likely N-dealkylation sites (N-methyl/N-ethyl adjacent to an activating group) is 1. The number of aliphatic hydroxyl groups excluding tert-OH is 1. The minimum Gasteiger partial charge on any atom is -0.491 e. The van der Waals surface area contributed by atoms with Crippen LogP contribution in [0.2, 0.25) is 0 Å². The molecule has 1 atom stereocenters. The van der Waals surface area contributed by atoms with E-state index in [0.29, 0.717) is 17.1 Å². The lowest BCUT2D eigenvalue weighted by atomic mass is 10.2. The molecule has 2 aromatic rings. The van der Waals surface area contributed by atoms with Crippen LogP contribution in [0.1, 0.15) is 27.4 Å². The van der Waals surface area contributed by atoms with E-state index in [0.717, 1.165) is 24.3 Å². The van der Waals surface area contributed by atoms with E-state index in [1.165, 1.54) is 11.9 Å². The van der Waals surface area contributed by atoms with Gasteiger partial charge in [-0.3, -0.25) is 9.59 Å². The van der Waals surface area contributed by atoms with Crippen LogP contribution in [0.5, 0.6) is 5.75 Å². The van der Waals surface area contributed by atoms with E-state index in [4.69, 9.17) is 9.15 Å². The molecule has 0 aliphatic heterocycles. The third-order valence-electron chi connectivity index (χ3n) is 4.22. The van der Waals surface area contributed by atoms with Gasteiger partial charge in [0, 0.05) is 13.6 Å². The zero-order chi connectivity index (χ0) is 22.5. The largest absolute Gasteiger partial charge is 0.491 e. The second-order valence-electron chi connectivity index (χ2n) is 6.77. The molecule has 0 spiro atoms. The lowest BCUT2D eigenvalue weighted by molar-refractivity contribution is -0.137. The van der Waals surface area contributed by atoms with Crippen LogP contribution in [0.4, 0.5) is 13.2 Å². The zero-order valence-electron chi connectivity index (χ0n) is 16.7. The Morgan fingerprint density at radius 2 is 1.87 bits per heavy atom. The Labute approximate surface area is 171 Å². The number of aryl methyl sites for hydroxylation is 2. The molecule has 0 aliphatic rings. The number of hydrogen-bond acceptors (Lipinski definition) is 5. The Morgan fingerprint density at radius 1 is 1.23 bits per heavy atom. The highest BCUT2D eigenvalue weighted by molar-refractivity contribution is 5.97. The zero-order valence-corrected chi connectivity index (χ0v) is 16.7. The van der Waals surface area contributed by atoms with Gasteiger partial charge >= 0.3 is 6.18 Å². The SMILES string of the molecule is Cc1cc(C(=O)NCC(=O)N(C)C[C@@H](O)COc2ccc(C(F)(F)F)cc2)c(C)o1. The Bertz CT molecular complexity index is 878. The van der Waals surface area contributed by atoms with Crippen LogP contribution in [0.15, 0.2) is 34.7 Å². The van der Waals surface area contributed by atoms with Crippen LogP contribution in [-0.2, 0) is 11.0 Å². The average Bonchev–Trinajstić information content (AvgIpc) is 3.01. The first-order chi connectivity index (χ1) is 14.0. The van der Waals surface area contributed by atoms with Crippen molar-refractivity contribution in [3.63, 3.8) is 0 Å². The van der Waals surface area contributed by atoms with Crippen LogP contribution >= 0.6 is 0 Å². The van der Waals surface area contributed by atoms with Crippen LogP contribution < -0.4 is 10.1 Å². The van der Waals surface area contributed by atoms with E-state index < -0.39 is 29.7 Å². The number of alkyl halides is 3. The standard InChI is InChI=1S/C20H23F3N2O5/c1-12-8-17(13(2)30-12)19(28)24-9-18(27)25(3)10-15(26)11-29-16-6-4-14(5-7-16)20(21,22)23/h4-8,15,26H,9-11H2,1-3H3,(H,24,28)/t15-/m1/s1. The van der Waals surface area contributed by atoms with Gasteiger partial charge in [0.1, 0.15) is 30.0 Å². The Kier molecular flexibility index (Phi) is 7.49. The number of aliphatic hydroxyl groups is 1. The third-order valence-corrected chi connectivity index (χ3v) is 4.22. The number of ether oxygens (including phenoxy) is 1. The molecule has 0 saturated carbocycles. The van der Waals surface area contributed by atoms with E-state index in [1.807, 2.05) is 0 Å². The van der Waals surface area contributed by atoms with Crippen LogP contribution in [0.3, 0.4) is 0 Å². The minimum atomic E-state index is -4.44. The van der Waals surface area contributed by atoms with E-state index in [1.54, 1.807) is 19.9 Å². The van der Waals surface area contributed by atoms with Crippen LogP contribution in [0, 0.1) is 13.8 Å². The number of nitrogens with one attached hydrogen (secondary N) is 1. The highest BCUT2D eigenvalue weighted by Crippen LogP contribution is 2.30. The fourth-order valence-electron chi connectivity index (χ4n) is 2.65. The van der Waals surface area contributed by atoms with E-state index in [-0.39, 0.29) is 25.4 Å². The molecule has 10 heteroatoms. The molecule has 0 bridgehead atoms. The van der Waals surface area contributed by atoms with Crippen molar-refractivity contribution in [3.8, 4) is 5.75 Å². The summed E-state index contributed by atoms with van der Waals surface area (Å²) in [5.74, 6) is 0.306. The van der Waals surface area contributed by atoms with Gasteiger partial charge in [0.2, 0.25) is 5.91 Å². The predicted octanol–water partition coefficient (Wildman–Crippen LogP) is 2.54. The van der Waals surface area contributed by atoms with Gasteiger partial charge in [0.15, 0.2) is 0 Å². The number of furan rings is 1. The lowest BCUT2D eigenvalue weighted by Gasteiger charge is -2.21. The van der Waals surface area contributed by atoms with Crippen molar-refractivity contribution < 1.29 is 37.0 Å². The number of carbonyl (C=O) groups is 2. The van der Waals surface area contributed by atoms with Gasteiger partial charge in [-0.25, -0.2) is 0 Å². The van der Waals surface area contributed by atoms with Crippen molar-refractivity contribution in [1.29, 1.82) is 0 Å². The Hall–Kier alpha value is -3.01. The molecule has 0 fully saturated rings. The molecule has 0 unspecified atom stereocenters. The number of carbonyl (C=O) groups excluding carboxylic acids is 2. The molecule has 164 valence electrons. The molecule has 0 aliphatic carbocycles. The summed E-state index contributed by atoms with van der Waals surface area (Å²) < 4.78 is 48.1. The van der Waals surface area contributed by atoms with Crippen molar-refractivity contribution in [2.75, 3.05) is 26.7 Å². The second kappa shape index (κ2) is 9.66. The summed E-state index contributed by atoms with van der Waals surface area (Å²) in [7, 11) is 1.45. The quantitative estimate of drug-likeness (QED) is 0.674. The van der Waals surface area contributed by atoms with Gasteiger partial charge in [-0.15, -0.1) is 0 Å². The normalized spacial score (nSPS) is 12.4. The van der Waals surface area contributed by atoms with Crippen molar-refractivity contribution in [2.24, 2.45) is 0 Å². The molecule has 1 aromatic carbocycles. The van der Waals surface area contributed by atoms with Crippen LogP contribution in [-0.4, -0.2) is 54.7 Å². The summed E-state index contributed by atoms with van der Waals surface area (Å²) in [6.45, 7) is 2.77. The smallest absolute Gasteiger partial charge is 0.416 e.